The van der Waals surface area contributed by atoms with Gasteiger partial charge in [-0.3, -0.25) is 4.40 Å². The molecule has 5 rings (SSSR count). The number of hydrogen-bond acceptors (Lipinski definition) is 4. The predicted molar refractivity (Wildman–Crippen MR) is 106 cm³/mol. The lowest BCUT2D eigenvalue weighted by Gasteiger charge is -2.09. The van der Waals surface area contributed by atoms with Crippen LogP contribution in [-0.4, -0.2) is 24.6 Å². The zero-order valence-electron chi connectivity index (χ0n) is 14.0. The van der Waals surface area contributed by atoms with Crippen LogP contribution >= 0.6 is 22.6 Å². The first-order valence-corrected chi connectivity index (χ1v) is 9.48. The molecule has 0 aliphatic heterocycles. The number of halogens is 1. The van der Waals surface area contributed by atoms with Crippen LogP contribution in [0.2, 0.25) is 0 Å². The highest BCUT2D eigenvalue weighted by molar-refractivity contribution is 14.1. The third kappa shape index (κ3) is 2.42. The van der Waals surface area contributed by atoms with Gasteiger partial charge in [0.2, 0.25) is 0 Å². The van der Waals surface area contributed by atoms with Gasteiger partial charge in [0.25, 0.3) is 0 Å². The van der Waals surface area contributed by atoms with Gasteiger partial charge in [0.05, 0.1) is 5.69 Å². The molecule has 4 aromatic rings. The summed E-state index contributed by atoms with van der Waals surface area (Å²) in [5, 5.41) is 8.91. The first kappa shape index (κ1) is 15.2. The number of nitrogens with zero attached hydrogens (tertiary/aromatic N) is 5. The predicted octanol–water partition coefficient (Wildman–Crippen LogP) is 4.44. The lowest BCUT2D eigenvalue weighted by atomic mass is 10.1. The SMILES string of the molecule is Cc1ccc(I)cc1-c1nnc2c(C)nc3ccc(C4CC4)nc3n12. The Labute approximate surface area is 158 Å². The van der Waals surface area contributed by atoms with E-state index in [2.05, 4.69) is 79.4 Å². The number of aryl methyl sites for hydroxylation is 2. The molecular weight excluding hydrogens is 425 g/mol. The Balaban J connectivity index is 1.89. The normalized spacial score (nSPS) is 14.5. The first-order valence-electron chi connectivity index (χ1n) is 8.41. The summed E-state index contributed by atoms with van der Waals surface area (Å²) in [6, 6.07) is 10.6. The molecule has 1 aromatic carbocycles. The molecule has 0 saturated heterocycles. The van der Waals surface area contributed by atoms with E-state index in [1.165, 1.54) is 22.0 Å². The van der Waals surface area contributed by atoms with E-state index in [4.69, 9.17) is 4.98 Å². The van der Waals surface area contributed by atoms with E-state index in [-0.39, 0.29) is 0 Å². The van der Waals surface area contributed by atoms with Crippen LogP contribution in [0.3, 0.4) is 0 Å². The largest absolute Gasteiger partial charge is 0.255 e. The number of aromatic nitrogens is 5. The van der Waals surface area contributed by atoms with Gasteiger partial charge < -0.3 is 0 Å². The van der Waals surface area contributed by atoms with Gasteiger partial charge in [0.1, 0.15) is 5.52 Å². The van der Waals surface area contributed by atoms with Crippen molar-refractivity contribution in [3.63, 3.8) is 0 Å². The highest BCUT2D eigenvalue weighted by atomic mass is 127. The molecular formula is C19H16IN5. The molecule has 6 heteroatoms. The fourth-order valence-corrected chi connectivity index (χ4v) is 3.76. The second-order valence-corrected chi connectivity index (χ2v) is 7.94. The highest BCUT2D eigenvalue weighted by Gasteiger charge is 2.26. The molecule has 0 atom stereocenters. The van der Waals surface area contributed by atoms with Crippen LogP contribution in [0.25, 0.3) is 28.2 Å². The third-order valence-corrected chi connectivity index (χ3v) is 5.47. The standard InChI is InChI=1S/C19H16IN5/c1-10-3-6-13(20)9-14(10)18-24-23-17-11(2)21-16-8-7-15(12-4-5-12)22-19(16)25(17)18/h3,6-9,12H,4-5H2,1-2H3. The molecule has 25 heavy (non-hydrogen) atoms. The van der Waals surface area contributed by atoms with E-state index < -0.39 is 0 Å². The number of rotatable bonds is 2. The maximum absolute atomic E-state index is 4.94. The first-order chi connectivity index (χ1) is 12.1. The van der Waals surface area contributed by atoms with Crippen molar-refractivity contribution in [3.8, 4) is 11.4 Å². The fraction of sp³-hybridized carbons (Fsp3) is 0.263. The average Bonchev–Trinajstić information content (AvgIpc) is 3.35. The average molecular weight is 441 g/mol. The van der Waals surface area contributed by atoms with Crippen LogP contribution in [0, 0.1) is 17.4 Å². The lowest BCUT2D eigenvalue weighted by Crippen LogP contribution is -2.02. The molecule has 5 nitrogen and oxygen atoms in total. The van der Waals surface area contributed by atoms with Gasteiger partial charge in [-0.2, -0.15) is 0 Å². The van der Waals surface area contributed by atoms with Crippen molar-refractivity contribution in [1.29, 1.82) is 0 Å². The van der Waals surface area contributed by atoms with E-state index in [1.54, 1.807) is 0 Å². The van der Waals surface area contributed by atoms with Crippen molar-refractivity contribution in [2.24, 2.45) is 0 Å². The number of hydrogen-bond donors (Lipinski definition) is 0. The maximum Gasteiger partial charge on any atom is 0.184 e. The molecule has 0 amide bonds. The molecule has 1 aliphatic rings. The zero-order chi connectivity index (χ0) is 17.1. The summed E-state index contributed by atoms with van der Waals surface area (Å²) in [7, 11) is 0. The van der Waals surface area contributed by atoms with Crippen molar-refractivity contribution in [2.75, 3.05) is 0 Å². The van der Waals surface area contributed by atoms with Crippen molar-refractivity contribution in [2.45, 2.75) is 32.6 Å². The van der Waals surface area contributed by atoms with Gasteiger partial charge in [-0.15, -0.1) is 10.2 Å². The van der Waals surface area contributed by atoms with E-state index in [0.29, 0.717) is 5.92 Å². The summed E-state index contributed by atoms with van der Waals surface area (Å²) in [6.45, 7) is 4.08. The van der Waals surface area contributed by atoms with E-state index in [0.717, 1.165) is 39.6 Å². The van der Waals surface area contributed by atoms with E-state index in [1.807, 2.05) is 6.92 Å². The quantitative estimate of drug-likeness (QED) is 0.432. The molecule has 124 valence electrons. The molecule has 0 spiro atoms. The Morgan fingerprint density at radius 2 is 1.84 bits per heavy atom. The Morgan fingerprint density at radius 1 is 1.00 bits per heavy atom. The Hall–Kier alpha value is -2.09. The van der Waals surface area contributed by atoms with Crippen molar-refractivity contribution >= 4 is 39.4 Å². The maximum atomic E-state index is 4.94. The molecule has 0 N–H and O–H groups in total. The van der Waals surface area contributed by atoms with Crippen LogP contribution in [0.5, 0.6) is 0 Å². The second kappa shape index (κ2) is 5.45. The van der Waals surface area contributed by atoms with Crippen LogP contribution < -0.4 is 0 Å². The topological polar surface area (TPSA) is 56.0 Å². The summed E-state index contributed by atoms with van der Waals surface area (Å²) >= 11 is 2.33. The number of fused-ring (bicyclic) bond motifs is 3. The molecule has 0 unspecified atom stereocenters. The fourth-order valence-electron chi connectivity index (χ4n) is 3.27. The summed E-state index contributed by atoms with van der Waals surface area (Å²) < 4.78 is 3.25. The highest BCUT2D eigenvalue weighted by Crippen LogP contribution is 2.39. The minimum atomic E-state index is 0.597. The molecule has 0 radical (unpaired) electrons. The van der Waals surface area contributed by atoms with Gasteiger partial charge in [-0.05, 0) is 79.1 Å². The molecule has 1 saturated carbocycles. The van der Waals surface area contributed by atoms with Crippen LogP contribution in [0.1, 0.15) is 35.7 Å². The number of benzene rings is 1. The van der Waals surface area contributed by atoms with Gasteiger partial charge >= 0.3 is 0 Å². The minimum absolute atomic E-state index is 0.597. The van der Waals surface area contributed by atoms with Gasteiger partial charge in [0, 0.05) is 20.7 Å². The van der Waals surface area contributed by atoms with Crippen LogP contribution in [-0.2, 0) is 0 Å². The number of pyridine rings is 1. The lowest BCUT2D eigenvalue weighted by molar-refractivity contribution is 1.01. The van der Waals surface area contributed by atoms with Gasteiger partial charge in [-0.25, -0.2) is 9.97 Å². The zero-order valence-corrected chi connectivity index (χ0v) is 16.1. The Kier molecular flexibility index (Phi) is 3.31. The molecule has 3 aromatic heterocycles. The summed E-state index contributed by atoms with van der Waals surface area (Å²) in [5.41, 5.74) is 6.80. The summed E-state index contributed by atoms with van der Waals surface area (Å²) in [6.07, 6.45) is 2.46. The molecule has 0 bridgehead atoms. The summed E-state index contributed by atoms with van der Waals surface area (Å²) in [5.74, 6) is 1.43. The van der Waals surface area contributed by atoms with Crippen LogP contribution in [0.4, 0.5) is 0 Å². The second-order valence-electron chi connectivity index (χ2n) is 6.69. The van der Waals surface area contributed by atoms with E-state index >= 15 is 0 Å². The Bertz CT molecular complexity index is 1140. The van der Waals surface area contributed by atoms with Crippen molar-refractivity contribution < 1.29 is 0 Å². The molecule has 3 heterocycles. The van der Waals surface area contributed by atoms with Gasteiger partial charge in [0.15, 0.2) is 17.1 Å². The van der Waals surface area contributed by atoms with Crippen LogP contribution in [0.15, 0.2) is 30.3 Å². The smallest absolute Gasteiger partial charge is 0.184 e. The van der Waals surface area contributed by atoms with Gasteiger partial charge in [-0.1, -0.05) is 6.07 Å². The Morgan fingerprint density at radius 3 is 2.64 bits per heavy atom. The monoisotopic (exact) mass is 441 g/mol. The summed E-state index contributed by atoms with van der Waals surface area (Å²) in [4.78, 5) is 9.62. The van der Waals surface area contributed by atoms with Crippen molar-refractivity contribution in [3.05, 3.63) is 50.9 Å². The third-order valence-electron chi connectivity index (χ3n) is 4.80. The van der Waals surface area contributed by atoms with E-state index in [9.17, 15) is 0 Å². The molecule has 1 fully saturated rings. The van der Waals surface area contributed by atoms with Crippen molar-refractivity contribution in [1.82, 2.24) is 24.6 Å². The minimum Gasteiger partial charge on any atom is -0.255 e. The molecule has 1 aliphatic carbocycles.